The Bertz CT molecular complexity index is 509. The predicted molar refractivity (Wildman–Crippen MR) is 81.6 cm³/mol. The van der Waals surface area contributed by atoms with Crippen LogP contribution in [0.2, 0.25) is 0 Å². The van der Waals surface area contributed by atoms with Gasteiger partial charge in [0.1, 0.15) is 13.2 Å². The molecule has 1 amide bonds. The Morgan fingerprint density at radius 1 is 1.29 bits per heavy atom. The molecule has 1 aliphatic heterocycles. The Morgan fingerprint density at radius 3 is 2.57 bits per heavy atom. The summed E-state index contributed by atoms with van der Waals surface area (Å²) in [5.41, 5.74) is 6.54. The van der Waals surface area contributed by atoms with Crippen molar-refractivity contribution < 1.29 is 14.3 Å². The van der Waals surface area contributed by atoms with Crippen LogP contribution in [0.4, 0.5) is 0 Å². The highest BCUT2D eigenvalue weighted by Gasteiger charge is 2.22. The number of benzene rings is 1. The topological polar surface area (TPSA) is 73.6 Å². The number of carbonyl (C=O) groups excluding carboxylic acids is 1. The molecule has 0 saturated carbocycles. The van der Waals surface area contributed by atoms with E-state index in [1.165, 1.54) is 0 Å². The maximum atomic E-state index is 12.2. The van der Waals surface area contributed by atoms with Crippen molar-refractivity contribution in [3.05, 3.63) is 23.8 Å². The van der Waals surface area contributed by atoms with Gasteiger partial charge in [-0.05, 0) is 44.9 Å². The lowest BCUT2D eigenvalue weighted by Crippen LogP contribution is -2.46. The molecule has 1 heterocycles. The average molecular weight is 292 g/mol. The minimum Gasteiger partial charge on any atom is -0.486 e. The number of ether oxygens (including phenoxy) is 2. The van der Waals surface area contributed by atoms with Gasteiger partial charge >= 0.3 is 0 Å². The molecule has 1 aromatic carbocycles. The van der Waals surface area contributed by atoms with E-state index in [0.717, 1.165) is 17.1 Å². The predicted octanol–water partition coefficient (Wildman–Crippen LogP) is 1.49. The second-order valence-corrected chi connectivity index (χ2v) is 6.35. The molecule has 1 aromatic rings. The zero-order valence-electron chi connectivity index (χ0n) is 12.9. The van der Waals surface area contributed by atoms with Crippen molar-refractivity contribution in [1.29, 1.82) is 0 Å². The van der Waals surface area contributed by atoms with E-state index in [1.807, 2.05) is 39.0 Å². The number of fused-ring (bicyclic) bond motifs is 1. The monoisotopic (exact) mass is 292 g/mol. The summed E-state index contributed by atoms with van der Waals surface area (Å²) in [4.78, 5) is 12.2. The Balaban J connectivity index is 2.06. The second-order valence-electron chi connectivity index (χ2n) is 6.35. The van der Waals surface area contributed by atoms with E-state index in [-0.39, 0.29) is 17.4 Å². The molecule has 5 heteroatoms. The second kappa shape index (κ2) is 6.35. The lowest BCUT2D eigenvalue weighted by molar-refractivity contribution is -0.126. The first-order valence-corrected chi connectivity index (χ1v) is 7.29. The molecule has 3 N–H and O–H groups in total. The standard InChI is InChI=1S/C16H24N2O3/c1-16(2,3)18-15(19)12(10-17)8-11-4-5-13-14(9-11)21-7-6-20-13/h4-5,9,12H,6-8,10,17H2,1-3H3,(H,18,19). The maximum absolute atomic E-state index is 12.2. The van der Waals surface area contributed by atoms with Gasteiger partial charge in [-0.1, -0.05) is 6.07 Å². The molecular formula is C16H24N2O3. The summed E-state index contributed by atoms with van der Waals surface area (Å²) in [6, 6.07) is 5.78. The molecule has 5 nitrogen and oxygen atoms in total. The van der Waals surface area contributed by atoms with E-state index in [4.69, 9.17) is 15.2 Å². The summed E-state index contributed by atoms with van der Waals surface area (Å²) in [5, 5.41) is 2.98. The van der Waals surface area contributed by atoms with Gasteiger partial charge in [0.2, 0.25) is 5.91 Å². The van der Waals surface area contributed by atoms with E-state index >= 15 is 0 Å². The quantitative estimate of drug-likeness (QED) is 0.882. The Morgan fingerprint density at radius 2 is 1.95 bits per heavy atom. The van der Waals surface area contributed by atoms with Crippen molar-refractivity contribution in [1.82, 2.24) is 5.32 Å². The van der Waals surface area contributed by atoms with E-state index in [9.17, 15) is 4.79 Å². The summed E-state index contributed by atoms with van der Waals surface area (Å²) in [6.07, 6.45) is 0.592. The van der Waals surface area contributed by atoms with E-state index in [1.54, 1.807) is 0 Å². The highest BCUT2D eigenvalue weighted by Crippen LogP contribution is 2.31. The third-order valence-corrected chi connectivity index (χ3v) is 3.24. The fraction of sp³-hybridized carbons (Fsp3) is 0.562. The van der Waals surface area contributed by atoms with Gasteiger partial charge in [-0.25, -0.2) is 0 Å². The number of nitrogens with one attached hydrogen (secondary N) is 1. The number of carbonyl (C=O) groups is 1. The first-order valence-electron chi connectivity index (χ1n) is 7.29. The maximum Gasteiger partial charge on any atom is 0.225 e. The highest BCUT2D eigenvalue weighted by atomic mass is 16.6. The van der Waals surface area contributed by atoms with Crippen LogP contribution >= 0.6 is 0 Å². The molecule has 0 aromatic heterocycles. The van der Waals surface area contributed by atoms with Crippen molar-refractivity contribution in [2.45, 2.75) is 32.7 Å². The van der Waals surface area contributed by atoms with E-state index in [0.29, 0.717) is 26.2 Å². The normalized spacial score (nSPS) is 15.4. The minimum atomic E-state index is -0.253. The first kappa shape index (κ1) is 15.6. The van der Waals surface area contributed by atoms with Gasteiger partial charge in [0.25, 0.3) is 0 Å². The fourth-order valence-electron chi connectivity index (χ4n) is 2.25. The number of hydrogen-bond acceptors (Lipinski definition) is 4. The third-order valence-electron chi connectivity index (χ3n) is 3.24. The van der Waals surface area contributed by atoms with Gasteiger partial charge in [0, 0.05) is 12.1 Å². The van der Waals surface area contributed by atoms with E-state index < -0.39 is 0 Å². The van der Waals surface area contributed by atoms with Crippen LogP contribution in [0.15, 0.2) is 18.2 Å². The minimum absolute atomic E-state index is 0.0140. The SMILES string of the molecule is CC(C)(C)NC(=O)C(CN)Cc1ccc2c(c1)OCCO2. The zero-order chi connectivity index (χ0) is 15.5. The summed E-state index contributed by atoms with van der Waals surface area (Å²) < 4.78 is 11.1. The van der Waals surface area contributed by atoms with Crippen molar-refractivity contribution in [3.63, 3.8) is 0 Å². The molecule has 1 atom stereocenters. The molecule has 0 saturated heterocycles. The summed E-state index contributed by atoms with van der Waals surface area (Å²) in [6.45, 7) is 7.33. The zero-order valence-corrected chi connectivity index (χ0v) is 12.9. The Kier molecular flexibility index (Phi) is 4.73. The molecule has 21 heavy (non-hydrogen) atoms. The number of rotatable bonds is 4. The number of nitrogens with two attached hydrogens (primary N) is 1. The van der Waals surface area contributed by atoms with Gasteiger partial charge < -0.3 is 20.5 Å². The Labute approximate surface area is 125 Å². The van der Waals surface area contributed by atoms with Crippen LogP contribution in [0.1, 0.15) is 26.3 Å². The summed E-state index contributed by atoms with van der Waals surface area (Å²) in [7, 11) is 0. The lowest BCUT2D eigenvalue weighted by Gasteiger charge is -2.25. The lowest BCUT2D eigenvalue weighted by atomic mass is 9.96. The molecule has 0 aliphatic carbocycles. The molecule has 116 valence electrons. The van der Waals surface area contributed by atoms with Crippen LogP contribution < -0.4 is 20.5 Å². The molecule has 0 spiro atoms. The molecule has 2 rings (SSSR count). The highest BCUT2D eigenvalue weighted by molar-refractivity contribution is 5.79. The van der Waals surface area contributed by atoms with Crippen LogP contribution in [0.25, 0.3) is 0 Å². The van der Waals surface area contributed by atoms with Crippen molar-refractivity contribution in [2.75, 3.05) is 19.8 Å². The molecule has 0 bridgehead atoms. The molecule has 1 aliphatic rings. The molecule has 0 fully saturated rings. The van der Waals surface area contributed by atoms with Crippen LogP contribution in [-0.4, -0.2) is 31.2 Å². The van der Waals surface area contributed by atoms with Crippen LogP contribution in [0.5, 0.6) is 11.5 Å². The summed E-state index contributed by atoms with van der Waals surface area (Å²) in [5.74, 6) is 1.24. The van der Waals surface area contributed by atoms with Crippen molar-refractivity contribution in [2.24, 2.45) is 11.7 Å². The molecule has 0 radical (unpaired) electrons. The van der Waals surface area contributed by atoms with Crippen molar-refractivity contribution in [3.8, 4) is 11.5 Å². The van der Waals surface area contributed by atoms with Gasteiger partial charge in [-0.15, -0.1) is 0 Å². The molecule has 1 unspecified atom stereocenters. The fourth-order valence-corrected chi connectivity index (χ4v) is 2.25. The van der Waals surface area contributed by atoms with Gasteiger partial charge in [0.05, 0.1) is 5.92 Å². The molecular weight excluding hydrogens is 268 g/mol. The van der Waals surface area contributed by atoms with Gasteiger partial charge in [0.15, 0.2) is 11.5 Å². The first-order chi connectivity index (χ1) is 9.89. The van der Waals surface area contributed by atoms with Gasteiger partial charge in [-0.3, -0.25) is 4.79 Å². The number of amides is 1. The smallest absolute Gasteiger partial charge is 0.225 e. The summed E-state index contributed by atoms with van der Waals surface area (Å²) >= 11 is 0. The average Bonchev–Trinajstić information content (AvgIpc) is 2.42. The van der Waals surface area contributed by atoms with Crippen LogP contribution in [-0.2, 0) is 11.2 Å². The van der Waals surface area contributed by atoms with Crippen LogP contribution in [0.3, 0.4) is 0 Å². The third kappa shape index (κ3) is 4.36. The van der Waals surface area contributed by atoms with Crippen LogP contribution in [0, 0.1) is 5.92 Å². The van der Waals surface area contributed by atoms with Gasteiger partial charge in [-0.2, -0.15) is 0 Å². The largest absolute Gasteiger partial charge is 0.486 e. The Hall–Kier alpha value is -1.75. The van der Waals surface area contributed by atoms with E-state index in [2.05, 4.69) is 5.32 Å². The van der Waals surface area contributed by atoms with Crippen molar-refractivity contribution >= 4 is 5.91 Å². The number of hydrogen-bond donors (Lipinski definition) is 2.